The average Bonchev–Trinajstić information content (AvgIpc) is 3.10. The summed E-state index contributed by atoms with van der Waals surface area (Å²) in [6.07, 6.45) is -2.01. The van der Waals surface area contributed by atoms with E-state index >= 15 is 0 Å². The Balaban J connectivity index is 1.91. The molecule has 0 aromatic carbocycles. The van der Waals surface area contributed by atoms with Gasteiger partial charge >= 0.3 is 5.69 Å². The van der Waals surface area contributed by atoms with Crippen molar-refractivity contribution in [3.63, 3.8) is 0 Å². The van der Waals surface area contributed by atoms with Crippen LogP contribution in [-0.2, 0) is 28.2 Å². The first-order chi connectivity index (χ1) is 14.0. The van der Waals surface area contributed by atoms with E-state index in [9.17, 15) is 23.1 Å². The molecule has 3 fully saturated rings. The van der Waals surface area contributed by atoms with Gasteiger partial charge in [-0.3, -0.25) is 18.5 Å². The lowest BCUT2D eigenvalue weighted by molar-refractivity contribution is -0.236. The van der Waals surface area contributed by atoms with Gasteiger partial charge in [-0.05, 0) is 25.1 Å². The maximum atomic E-state index is 12.6. The second kappa shape index (κ2) is 6.59. The summed E-state index contributed by atoms with van der Waals surface area (Å²) in [6.45, 7) is 11.3. The number of nitrogens with one attached hydrogen (secondary N) is 1. The fourth-order valence-corrected chi connectivity index (χ4v) is 7.00. The van der Waals surface area contributed by atoms with Crippen molar-refractivity contribution in [1.29, 1.82) is 0 Å². The zero-order valence-corrected chi connectivity index (χ0v) is 20.1. The average molecular weight is 477 g/mol. The van der Waals surface area contributed by atoms with Crippen LogP contribution in [0, 0.1) is 6.92 Å². The Morgan fingerprint density at radius 1 is 1.32 bits per heavy atom. The third-order valence-corrected chi connectivity index (χ3v) is 12.6. The summed E-state index contributed by atoms with van der Waals surface area (Å²) >= 11 is 0. The fourth-order valence-electron chi connectivity index (χ4n) is 4.13. The van der Waals surface area contributed by atoms with Crippen molar-refractivity contribution in [3.05, 3.63) is 32.6 Å². The number of aromatic nitrogens is 2. The Morgan fingerprint density at radius 3 is 2.58 bits per heavy atom. The third-order valence-electron chi connectivity index (χ3n) is 6.83. The topological polar surface area (TPSA) is 146 Å². The number of hydrogen-bond donors (Lipinski definition) is 2. The molecular formula is C18H28N2O9SSi. The van der Waals surface area contributed by atoms with Crippen LogP contribution in [0.15, 0.2) is 15.8 Å². The summed E-state index contributed by atoms with van der Waals surface area (Å²) in [7, 11) is -6.75. The smallest absolute Gasteiger partial charge is 0.330 e. The van der Waals surface area contributed by atoms with E-state index in [0.717, 1.165) is 4.57 Å². The first-order valence-corrected chi connectivity index (χ1v) is 14.5. The third kappa shape index (κ3) is 3.21. The van der Waals surface area contributed by atoms with E-state index < -0.39 is 65.3 Å². The first kappa shape index (κ1) is 22.8. The zero-order chi connectivity index (χ0) is 23.2. The Morgan fingerprint density at radius 2 is 1.97 bits per heavy atom. The van der Waals surface area contributed by atoms with Gasteiger partial charge in [-0.1, -0.05) is 20.8 Å². The molecule has 13 heteroatoms. The van der Waals surface area contributed by atoms with Crippen molar-refractivity contribution in [2.24, 2.45) is 0 Å². The molecule has 4 heterocycles. The maximum absolute atomic E-state index is 12.6. The van der Waals surface area contributed by atoms with Crippen molar-refractivity contribution in [2.45, 2.75) is 75.7 Å². The van der Waals surface area contributed by atoms with Crippen LogP contribution in [0.2, 0.25) is 18.1 Å². The standard InChI is InChI=1S/C18H28N2O9SSi/c1-10-7-20(15(22)19-13(10)21)14-12(28-31(5,6)16(2,3)4)18-11(27-14)8-26-17(18,23)9-30(24,25)29-18/h7,11-12,14,23H,8-9H2,1-6H3,(H,19,21,22)/t11-,12+,14-,17?,18-/m1/s1. The van der Waals surface area contributed by atoms with Gasteiger partial charge in [0.2, 0.25) is 5.79 Å². The largest absolute Gasteiger partial charge is 0.406 e. The zero-order valence-electron chi connectivity index (χ0n) is 18.3. The molecule has 0 saturated carbocycles. The number of H-pyrrole nitrogens is 1. The van der Waals surface area contributed by atoms with Gasteiger partial charge in [0.15, 0.2) is 20.1 Å². The highest BCUT2D eigenvalue weighted by Crippen LogP contribution is 2.57. The van der Waals surface area contributed by atoms with Gasteiger partial charge in [0.05, 0.1) is 6.61 Å². The lowest BCUT2D eigenvalue weighted by Crippen LogP contribution is -2.63. The van der Waals surface area contributed by atoms with Gasteiger partial charge in [0.25, 0.3) is 15.7 Å². The Bertz CT molecular complexity index is 1140. The Kier molecular flexibility index (Phi) is 4.85. The molecule has 4 rings (SSSR count). The molecule has 1 aromatic heterocycles. The van der Waals surface area contributed by atoms with Crippen LogP contribution in [0.5, 0.6) is 0 Å². The summed E-state index contributed by atoms with van der Waals surface area (Å²) in [6, 6.07) is 0. The highest BCUT2D eigenvalue weighted by molar-refractivity contribution is 7.87. The SMILES string of the molecule is Cc1cn([C@@H]2O[C@@H]3COC4(O)CS(=O)(=O)O[C@@]34[C@H]2O[Si](C)(C)C(C)(C)C)c(=O)[nH]c1=O. The number of aliphatic hydroxyl groups is 1. The number of aromatic amines is 1. The number of hydrogen-bond acceptors (Lipinski definition) is 9. The molecule has 0 aliphatic carbocycles. The predicted molar refractivity (Wildman–Crippen MR) is 111 cm³/mol. The van der Waals surface area contributed by atoms with Crippen LogP contribution in [0.25, 0.3) is 0 Å². The summed E-state index contributed by atoms with van der Waals surface area (Å²) in [5.74, 6) is -2.97. The van der Waals surface area contributed by atoms with E-state index in [1.807, 2.05) is 33.9 Å². The maximum Gasteiger partial charge on any atom is 0.330 e. The minimum Gasteiger partial charge on any atom is -0.406 e. The second-order valence-corrected chi connectivity index (χ2v) is 16.3. The molecule has 0 radical (unpaired) electrons. The lowest BCUT2D eigenvalue weighted by Gasteiger charge is -2.44. The van der Waals surface area contributed by atoms with Gasteiger partial charge in [-0.2, -0.15) is 8.42 Å². The van der Waals surface area contributed by atoms with Crippen LogP contribution >= 0.6 is 0 Å². The molecule has 3 saturated heterocycles. The van der Waals surface area contributed by atoms with Gasteiger partial charge < -0.3 is 19.0 Å². The number of nitrogens with zero attached hydrogens (tertiary/aromatic N) is 1. The Hall–Kier alpha value is -1.35. The van der Waals surface area contributed by atoms with Crippen LogP contribution in [0.1, 0.15) is 32.6 Å². The molecule has 5 atom stereocenters. The van der Waals surface area contributed by atoms with Crippen LogP contribution in [-0.4, -0.2) is 67.3 Å². The summed E-state index contributed by atoms with van der Waals surface area (Å²) < 4.78 is 49.6. The van der Waals surface area contributed by atoms with Gasteiger partial charge in [-0.25, -0.2) is 4.79 Å². The molecule has 1 aromatic rings. The number of aryl methyl sites for hydroxylation is 1. The van der Waals surface area contributed by atoms with Crippen molar-refractivity contribution >= 4 is 18.4 Å². The number of ether oxygens (including phenoxy) is 2. The molecular weight excluding hydrogens is 448 g/mol. The molecule has 1 unspecified atom stereocenters. The Labute approximate surface area is 180 Å². The van der Waals surface area contributed by atoms with Crippen LogP contribution in [0.4, 0.5) is 0 Å². The molecule has 31 heavy (non-hydrogen) atoms. The quantitative estimate of drug-likeness (QED) is 0.453. The van der Waals surface area contributed by atoms with Crippen LogP contribution < -0.4 is 11.2 Å². The van der Waals surface area contributed by atoms with E-state index in [1.165, 1.54) is 13.1 Å². The van der Waals surface area contributed by atoms with E-state index in [2.05, 4.69) is 4.98 Å². The summed E-state index contributed by atoms with van der Waals surface area (Å²) in [5.41, 5.74) is -2.91. The minimum atomic E-state index is -4.15. The molecule has 3 aliphatic rings. The van der Waals surface area contributed by atoms with Gasteiger partial charge in [0.1, 0.15) is 18.0 Å². The highest BCUT2D eigenvalue weighted by Gasteiger charge is 2.80. The van der Waals surface area contributed by atoms with Crippen molar-refractivity contribution in [1.82, 2.24) is 9.55 Å². The monoisotopic (exact) mass is 476 g/mol. The van der Waals surface area contributed by atoms with Gasteiger partial charge in [-0.15, -0.1) is 0 Å². The molecule has 3 aliphatic heterocycles. The molecule has 2 N–H and O–H groups in total. The van der Waals surface area contributed by atoms with Crippen LogP contribution in [0.3, 0.4) is 0 Å². The van der Waals surface area contributed by atoms with Crippen molar-refractivity contribution in [3.8, 4) is 0 Å². The molecule has 11 nitrogen and oxygen atoms in total. The van der Waals surface area contributed by atoms with E-state index in [1.54, 1.807) is 0 Å². The molecule has 0 bridgehead atoms. The normalized spacial score (nSPS) is 37.1. The fraction of sp³-hybridized carbons (Fsp3) is 0.778. The first-order valence-electron chi connectivity index (χ1n) is 9.98. The van der Waals surface area contributed by atoms with Crippen molar-refractivity contribution < 1.29 is 31.6 Å². The summed E-state index contributed by atoms with van der Waals surface area (Å²) in [4.78, 5) is 26.7. The van der Waals surface area contributed by atoms with Crippen molar-refractivity contribution in [2.75, 3.05) is 12.4 Å². The highest BCUT2D eigenvalue weighted by atomic mass is 32.2. The molecule has 1 spiro atoms. The lowest BCUT2D eigenvalue weighted by atomic mass is 9.86. The predicted octanol–water partition coefficient (Wildman–Crippen LogP) is -0.0496. The van der Waals surface area contributed by atoms with E-state index in [4.69, 9.17) is 18.1 Å². The number of rotatable bonds is 3. The minimum absolute atomic E-state index is 0.142. The summed E-state index contributed by atoms with van der Waals surface area (Å²) in [5, 5.41) is 10.9. The van der Waals surface area contributed by atoms with Gasteiger partial charge in [0, 0.05) is 11.8 Å². The molecule has 0 amide bonds. The van der Waals surface area contributed by atoms with E-state index in [-0.39, 0.29) is 17.2 Å². The second-order valence-electron chi connectivity index (χ2n) is 9.97. The van der Waals surface area contributed by atoms with E-state index in [0.29, 0.717) is 0 Å². The molecule has 174 valence electrons.